The van der Waals surface area contributed by atoms with Gasteiger partial charge in [-0.25, -0.2) is 0 Å². The van der Waals surface area contributed by atoms with Crippen LogP contribution < -0.4 is 54.0 Å². The van der Waals surface area contributed by atoms with Crippen LogP contribution in [-0.4, -0.2) is 144 Å². The van der Waals surface area contributed by atoms with Gasteiger partial charge in [-0.1, -0.05) is 46.2 Å². The van der Waals surface area contributed by atoms with Crippen LogP contribution in [0, 0.1) is 11.8 Å². The minimum Gasteiger partial charge on any atom is -0.508 e. The van der Waals surface area contributed by atoms with Gasteiger partial charge in [0.2, 0.25) is 59.1 Å². The number of phenolic OH excluding ortho intramolecular Hbond substituents is 1. The number of amides is 10. The second-order valence-electron chi connectivity index (χ2n) is 16.4. The van der Waals surface area contributed by atoms with Gasteiger partial charge in [0.05, 0.1) is 26.1 Å². The van der Waals surface area contributed by atoms with Gasteiger partial charge in [0.25, 0.3) is 0 Å². The highest BCUT2D eigenvalue weighted by molar-refractivity contribution is 5.98. The number of rotatable bonds is 17. The lowest BCUT2D eigenvalue weighted by atomic mass is 9.89. The number of nitrogens with zero attached hydrogens (tertiary/aromatic N) is 1. The number of hydrogen-bond acceptors (Lipinski definition) is 13. The van der Waals surface area contributed by atoms with Crippen molar-refractivity contribution in [3.8, 4) is 5.75 Å². The second-order valence-corrected chi connectivity index (χ2v) is 16.4. The van der Waals surface area contributed by atoms with Gasteiger partial charge in [0, 0.05) is 26.4 Å². The number of aldehydes is 1. The van der Waals surface area contributed by atoms with Crippen molar-refractivity contribution in [2.75, 3.05) is 33.2 Å². The summed E-state index contributed by atoms with van der Waals surface area (Å²) < 4.78 is 0. The molecular formula is C41H63N11O12. The van der Waals surface area contributed by atoms with E-state index in [1.807, 2.05) is 0 Å². The first-order chi connectivity index (χ1) is 30.0. The molecule has 1 aromatic carbocycles. The van der Waals surface area contributed by atoms with Crippen molar-refractivity contribution in [3.63, 3.8) is 0 Å². The Kier molecular flexibility index (Phi) is 21.3. The summed E-state index contributed by atoms with van der Waals surface area (Å²) in [5.41, 5.74) is 9.62. The zero-order valence-corrected chi connectivity index (χ0v) is 37.0. The molecule has 354 valence electrons. The molecule has 13 N–H and O–H groups in total. The van der Waals surface area contributed by atoms with Gasteiger partial charge in [-0.15, -0.1) is 0 Å². The first kappa shape index (κ1) is 53.5. The number of aromatic hydroxyl groups is 1. The van der Waals surface area contributed by atoms with Crippen LogP contribution in [0.15, 0.2) is 24.3 Å². The van der Waals surface area contributed by atoms with E-state index < -0.39 is 133 Å². The van der Waals surface area contributed by atoms with Crippen molar-refractivity contribution in [3.05, 3.63) is 29.8 Å². The summed E-state index contributed by atoms with van der Waals surface area (Å²) >= 11 is 0. The monoisotopic (exact) mass is 901 g/mol. The van der Waals surface area contributed by atoms with Crippen molar-refractivity contribution < 1.29 is 57.8 Å². The molecule has 0 radical (unpaired) electrons. The smallest absolute Gasteiger partial charge is 0.245 e. The predicted molar refractivity (Wildman–Crippen MR) is 229 cm³/mol. The molecular weight excluding hydrogens is 839 g/mol. The Labute approximate surface area is 371 Å². The largest absolute Gasteiger partial charge is 0.508 e. The molecule has 1 aliphatic heterocycles. The van der Waals surface area contributed by atoms with Crippen molar-refractivity contribution in [2.24, 2.45) is 23.3 Å². The highest BCUT2D eigenvalue weighted by Crippen LogP contribution is 2.16. The zero-order valence-electron chi connectivity index (χ0n) is 37.0. The van der Waals surface area contributed by atoms with E-state index in [1.165, 1.54) is 38.2 Å². The summed E-state index contributed by atoms with van der Waals surface area (Å²) in [4.78, 5) is 145. The minimum absolute atomic E-state index is 0.0462. The molecule has 0 aromatic heterocycles. The number of hydrogen-bond donors (Lipinski definition) is 11. The van der Waals surface area contributed by atoms with Gasteiger partial charge >= 0.3 is 0 Å². The molecule has 1 heterocycles. The van der Waals surface area contributed by atoms with Gasteiger partial charge in [-0.05, 0) is 49.3 Å². The third-order valence-electron chi connectivity index (χ3n) is 10.2. The van der Waals surface area contributed by atoms with Crippen LogP contribution >= 0.6 is 0 Å². The summed E-state index contributed by atoms with van der Waals surface area (Å²) in [6.45, 7) is 6.52. The van der Waals surface area contributed by atoms with E-state index in [0.29, 0.717) is 18.3 Å². The fourth-order valence-corrected chi connectivity index (χ4v) is 6.73. The molecule has 0 bridgehead atoms. The number of benzene rings is 1. The summed E-state index contributed by atoms with van der Waals surface area (Å²) in [6.07, 6.45) is -0.792. The number of phenols is 1. The molecule has 10 amide bonds. The molecule has 1 aliphatic rings. The molecule has 1 aromatic rings. The Balaban J connectivity index is 2.50. The minimum atomic E-state index is -1.71. The highest BCUT2D eigenvalue weighted by Gasteiger charge is 2.36. The van der Waals surface area contributed by atoms with E-state index in [2.05, 4.69) is 42.5 Å². The highest BCUT2D eigenvalue weighted by atomic mass is 16.3. The third kappa shape index (κ3) is 18.0. The van der Waals surface area contributed by atoms with E-state index in [0.717, 1.165) is 4.90 Å². The van der Waals surface area contributed by atoms with Crippen LogP contribution in [0.2, 0.25) is 0 Å². The Morgan fingerprint density at radius 3 is 2.09 bits per heavy atom. The molecule has 7 atom stereocenters. The Morgan fingerprint density at radius 2 is 1.52 bits per heavy atom. The Bertz CT molecular complexity index is 1880. The number of nitrogens with one attached hydrogen (secondary N) is 8. The van der Waals surface area contributed by atoms with E-state index >= 15 is 0 Å². The summed E-state index contributed by atoms with van der Waals surface area (Å²) in [5.74, 6) is -9.38. The topological polar surface area (TPSA) is 360 Å². The Morgan fingerprint density at radius 1 is 0.875 bits per heavy atom. The molecule has 0 saturated carbocycles. The lowest BCUT2D eigenvalue weighted by molar-refractivity contribution is -0.140. The number of likely N-dealkylation sites (N-methyl/N-ethyl adjacent to an activating group) is 1. The van der Waals surface area contributed by atoms with E-state index in [9.17, 15) is 57.8 Å². The number of nitrogens with two attached hydrogens (primary N) is 2. The lowest BCUT2D eigenvalue weighted by Crippen LogP contribution is -2.61. The van der Waals surface area contributed by atoms with Gasteiger partial charge < -0.3 is 68.8 Å². The van der Waals surface area contributed by atoms with Crippen molar-refractivity contribution in [1.82, 2.24) is 47.4 Å². The average molecular weight is 902 g/mol. The van der Waals surface area contributed by atoms with Crippen LogP contribution in [0.5, 0.6) is 5.75 Å². The summed E-state index contributed by atoms with van der Waals surface area (Å²) in [7, 11) is 1.20. The van der Waals surface area contributed by atoms with Gasteiger partial charge in [-0.3, -0.25) is 47.9 Å². The Hall–Kier alpha value is -6.65. The van der Waals surface area contributed by atoms with Crippen molar-refractivity contribution in [2.45, 2.75) is 109 Å². The number of carbonyl (C=O) groups excluding carboxylic acids is 11. The molecule has 1 saturated heterocycles. The van der Waals surface area contributed by atoms with Gasteiger partial charge in [-0.2, -0.15) is 0 Å². The molecule has 0 spiro atoms. The normalized spacial score (nSPS) is 22.1. The average Bonchev–Trinajstić information content (AvgIpc) is 3.21. The van der Waals surface area contributed by atoms with Gasteiger partial charge in [0.15, 0.2) is 0 Å². The first-order valence-electron chi connectivity index (χ1n) is 20.8. The van der Waals surface area contributed by atoms with E-state index in [1.54, 1.807) is 27.7 Å². The second kappa shape index (κ2) is 25.5. The van der Waals surface area contributed by atoms with Crippen LogP contribution in [0.1, 0.15) is 72.3 Å². The molecule has 23 nitrogen and oxygen atoms in total. The standard InChI is InChI=1S/C41H63N11O12/c1-7-23(4)35-39(63)46-24(5)36(60)49-29(15-30(42)55)37(61)48-27(40(64)52(6)19-34(59)51-41(21-53,16-22(2)3)20-44-17-31(43)56)12-13-32(57)45-18-33(58)47-28(38(62)50-35)14-25-8-10-26(54)11-9-25/h8-11,21-24,27-29,35,44,54H,7,12-20H2,1-6H3,(H2,42,55)(H2,43,56)(H,45,57)(H,46,63)(H,47,58)(H,48,61)(H,49,60)(H,50,62)(H,51,59). The molecule has 0 aliphatic carbocycles. The maximum absolute atomic E-state index is 13.9. The molecule has 23 heteroatoms. The summed E-state index contributed by atoms with van der Waals surface area (Å²) in [5, 5.41) is 29.9. The van der Waals surface area contributed by atoms with Crippen LogP contribution in [0.25, 0.3) is 0 Å². The number of carbonyl (C=O) groups is 11. The van der Waals surface area contributed by atoms with Crippen molar-refractivity contribution >= 4 is 65.4 Å². The third-order valence-corrected chi connectivity index (χ3v) is 10.2. The molecule has 1 fully saturated rings. The lowest BCUT2D eigenvalue weighted by Gasteiger charge is -2.32. The first-order valence-corrected chi connectivity index (χ1v) is 20.8. The van der Waals surface area contributed by atoms with Crippen LogP contribution in [-0.2, 0) is 59.2 Å². The molecule has 2 rings (SSSR count). The van der Waals surface area contributed by atoms with Crippen molar-refractivity contribution in [1.29, 1.82) is 0 Å². The van der Waals surface area contributed by atoms with E-state index in [-0.39, 0.29) is 37.6 Å². The zero-order chi connectivity index (χ0) is 48.3. The maximum atomic E-state index is 13.9. The van der Waals surface area contributed by atoms with Crippen LogP contribution in [0.3, 0.4) is 0 Å². The number of primary amides is 2. The molecule has 7 unspecified atom stereocenters. The van der Waals surface area contributed by atoms with Gasteiger partial charge in [0.1, 0.15) is 47.8 Å². The fourth-order valence-electron chi connectivity index (χ4n) is 6.73. The SMILES string of the molecule is CCC(C)C1NC(=O)C(Cc2ccc(O)cc2)NC(=O)CNC(=O)CCC(C(=O)N(C)CC(=O)NC(C=O)(CNCC(N)=O)CC(C)C)NC(=O)C(CC(N)=O)NC(=O)C(C)NC1=O. The predicted octanol–water partition coefficient (Wildman–Crippen LogP) is -4.16. The quantitative estimate of drug-likeness (QED) is 0.0663. The maximum Gasteiger partial charge on any atom is 0.245 e. The van der Waals surface area contributed by atoms with E-state index in [4.69, 9.17) is 11.5 Å². The van der Waals surface area contributed by atoms with Crippen LogP contribution in [0.4, 0.5) is 0 Å². The fraction of sp³-hybridized carbons (Fsp3) is 0.585. The summed E-state index contributed by atoms with van der Waals surface area (Å²) in [6, 6.07) is -1.41. The molecule has 64 heavy (non-hydrogen) atoms.